The van der Waals surface area contributed by atoms with Gasteiger partial charge in [0, 0.05) is 0 Å². The van der Waals surface area contributed by atoms with Crippen LogP contribution < -0.4 is 14.8 Å². The molecule has 2 aromatic rings. The molecule has 1 aliphatic rings. The van der Waals surface area contributed by atoms with Crippen molar-refractivity contribution in [3.8, 4) is 11.5 Å². The van der Waals surface area contributed by atoms with Crippen LogP contribution in [0.2, 0.25) is 0 Å². The molecule has 7 nitrogen and oxygen atoms in total. The van der Waals surface area contributed by atoms with Crippen LogP contribution >= 0.6 is 34.4 Å². The van der Waals surface area contributed by atoms with E-state index in [0.717, 1.165) is 20.4 Å². The Morgan fingerprint density at radius 2 is 1.91 bits per heavy atom. The molecule has 0 aromatic heterocycles. The third-order valence-electron chi connectivity index (χ3n) is 4.18. The highest BCUT2D eigenvalue weighted by molar-refractivity contribution is 14.1. The molecule has 1 N–H and O–H groups in total. The van der Waals surface area contributed by atoms with E-state index in [2.05, 4.69) is 32.9 Å². The normalized spacial score (nSPS) is 15.7. The van der Waals surface area contributed by atoms with Gasteiger partial charge in [0.1, 0.15) is 0 Å². The quantitative estimate of drug-likeness (QED) is 0.280. The Hall–Kier alpha value is -2.53. The fraction of sp³-hybridized carbons (Fsp3) is 0.261. The van der Waals surface area contributed by atoms with Crippen molar-refractivity contribution < 1.29 is 23.8 Å². The molecule has 0 saturated carbocycles. The predicted octanol–water partition coefficient (Wildman–Crippen LogP) is 4.83. The van der Waals surface area contributed by atoms with Gasteiger partial charge in [-0.2, -0.15) is 0 Å². The first-order valence-electron chi connectivity index (χ1n) is 10.0. The molecule has 0 spiro atoms. The molecular weight excluding hydrogens is 543 g/mol. The van der Waals surface area contributed by atoms with Gasteiger partial charge in [0.2, 0.25) is 0 Å². The summed E-state index contributed by atoms with van der Waals surface area (Å²) in [6.07, 6.45) is 1.78. The number of hydrogen-bond acceptors (Lipinski definition) is 7. The molecule has 0 bridgehead atoms. The molecule has 168 valence electrons. The molecule has 0 aliphatic carbocycles. The number of amidine groups is 1. The fourth-order valence-corrected chi connectivity index (χ4v) is 4.40. The molecule has 0 radical (unpaired) electrons. The number of amides is 1. The van der Waals surface area contributed by atoms with Crippen LogP contribution in [0.4, 0.5) is 5.69 Å². The summed E-state index contributed by atoms with van der Waals surface area (Å²) in [6, 6.07) is 11.4. The highest BCUT2D eigenvalue weighted by atomic mass is 127. The maximum Gasteiger partial charge on any atom is 0.344 e. The van der Waals surface area contributed by atoms with Crippen molar-refractivity contribution in [2.24, 2.45) is 4.99 Å². The first kappa shape index (κ1) is 24.1. The lowest BCUT2D eigenvalue weighted by molar-refractivity contribution is -0.145. The molecule has 9 heteroatoms. The van der Waals surface area contributed by atoms with Crippen LogP contribution in [-0.4, -0.2) is 36.9 Å². The Labute approximate surface area is 204 Å². The molecule has 2 aromatic carbocycles. The van der Waals surface area contributed by atoms with Crippen LogP contribution in [-0.2, 0) is 14.3 Å². The first-order valence-corrected chi connectivity index (χ1v) is 11.9. The van der Waals surface area contributed by atoms with E-state index in [-0.39, 0.29) is 12.5 Å². The number of carbonyl (C=O) groups excluding carboxylic acids is 2. The van der Waals surface area contributed by atoms with Gasteiger partial charge in [-0.25, -0.2) is 9.79 Å². The van der Waals surface area contributed by atoms with E-state index < -0.39 is 5.97 Å². The highest BCUT2D eigenvalue weighted by Gasteiger charge is 2.24. The minimum atomic E-state index is -0.448. The molecule has 1 aliphatic heterocycles. The number of carbonyl (C=O) groups is 2. The Morgan fingerprint density at radius 3 is 2.59 bits per heavy atom. The number of nitrogens with zero attached hydrogens (tertiary/aromatic N) is 1. The summed E-state index contributed by atoms with van der Waals surface area (Å²) >= 11 is 3.39. The number of nitrogens with one attached hydrogen (secondary N) is 1. The van der Waals surface area contributed by atoms with Gasteiger partial charge in [0.25, 0.3) is 5.91 Å². The first-order chi connectivity index (χ1) is 15.4. The average Bonchev–Trinajstić information content (AvgIpc) is 3.08. The van der Waals surface area contributed by atoms with Gasteiger partial charge in [-0.05, 0) is 91.0 Å². The van der Waals surface area contributed by atoms with E-state index in [4.69, 9.17) is 14.2 Å². The van der Waals surface area contributed by atoms with Crippen LogP contribution in [0, 0.1) is 10.5 Å². The molecule has 1 heterocycles. The molecule has 3 rings (SSSR count). The standard InChI is InChI=1S/C23H23IN2O5S/c1-4-29-18-11-15(10-17(24)21(18)31-13-20(27)30-5-2)12-19-22(28)26-23(32-19)25-16-8-6-14(3)7-9-16/h6-12H,4-5,13H2,1-3H3,(H,25,26,28)/b19-12+. The van der Waals surface area contributed by atoms with Gasteiger partial charge in [-0.1, -0.05) is 17.7 Å². The maximum absolute atomic E-state index is 12.4. The molecule has 0 atom stereocenters. The monoisotopic (exact) mass is 566 g/mol. The lowest BCUT2D eigenvalue weighted by atomic mass is 10.2. The van der Waals surface area contributed by atoms with E-state index in [1.165, 1.54) is 11.8 Å². The second-order valence-corrected chi connectivity index (χ2v) is 8.87. The topological polar surface area (TPSA) is 86.2 Å². The largest absolute Gasteiger partial charge is 0.490 e. The maximum atomic E-state index is 12.4. The van der Waals surface area contributed by atoms with Crippen LogP contribution in [0.15, 0.2) is 46.3 Å². The van der Waals surface area contributed by atoms with Crippen molar-refractivity contribution in [3.05, 3.63) is 56.0 Å². The van der Waals surface area contributed by atoms with Gasteiger partial charge < -0.3 is 19.5 Å². The zero-order valence-corrected chi connectivity index (χ0v) is 20.9. The molecule has 1 saturated heterocycles. The number of ether oxygens (including phenoxy) is 3. The van der Waals surface area contributed by atoms with Gasteiger partial charge >= 0.3 is 5.97 Å². The van der Waals surface area contributed by atoms with Gasteiger partial charge in [0.05, 0.1) is 27.4 Å². The van der Waals surface area contributed by atoms with Crippen molar-refractivity contribution >= 4 is 63.2 Å². The van der Waals surface area contributed by atoms with Crippen molar-refractivity contribution in [2.45, 2.75) is 20.8 Å². The van der Waals surface area contributed by atoms with E-state index in [1.54, 1.807) is 19.1 Å². The van der Waals surface area contributed by atoms with Gasteiger partial charge in [-0.3, -0.25) is 4.79 Å². The van der Waals surface area contributed by atoms with Gasteiger partial charge in [0.15, 0.2) is 23.3 Å². The van der Waals surface area contributed by atoms with Crippen molar-refractivity contribution in [1.82, 2.24) is 5.32 Å². The number of benzene rings is 2. The Morgan fingerprint density at radius 1 is 1.16 bits per heavy atom. The van der Waals surface area contributed by atoms with E-state index in [0.29, 0.717) is 34.8 Å². The van der Waals surface area contributed by atoms with Gasteiger partial charge in [-0.15, -0.1) is 0 Å². The summed E-state index contributed by atoms with van der Waals surface area (Å²) in [4.78, 5) is 29.1. The number of thioether (sulfide) groups is 1. The van der Waals surface area contributed by atoms with Crippen LogP contribution in [0.5, 0.6) is 11.5 Å². The third-order valence-corrected chi connectivity index (χ3v) is 5.90. The molecule has 1 amide bonds. The number of aryl methyl sites for hydroxylation is 1. The summed E-state index contributed by atoms with van der Waals surface area (Å²) in [7, 11) is 0. The summed E-state index contributed by atoms with van der Waals surface area (Å²) in [5.41, 5.74) is 2.69. The van der Waals surface area contributed by atoms with Crippen molar-refractivity contribution in [2.75, 3.05) is 19.8 Å². The highest BCUT2D eigenvalue weighted by Crippen LogP contribution is 2.36. The van der Waals surface area contributed by atoms with E-state index in [9.17, 15) is 9.59 Å². The summed E-state index contributed by atoms with van der Waals surface area (Å²) in [6.45, 7) is 6.12. The second kappa shape index (κ2) is 11.4. The smallest absolute Gasteiger partial charge is 0.344 e. The summed E-state index contributed by atoms with van der Waals surface area (Å²) in [5.74, 6) is 0.299. The minimum Gasteiger partial charge on any atom is -0.490 e. The fourth-order valence-electron chi connectivity index (χ4n) is 2.78. The molecule has 0 unspecified atom stereocenters. The van der Waals surface area contributed by atoms with Crippen LogP contribution in [0.1, 0.15) is 25.0 Å². The van der Waals surface area contributed by atoms with Crippen molar-refractivity contribution in [3.63, 3.8) is 0 Å². The Kier molecular flexibility index (Phi) is 8.57. The minimum absolute atomic E-state index is 0.207. The number of rotatable bonds is 8. The Bertz CT molecular complexity index is 1070. The summed E-state index contributed by atoms with van der Waals surface area (Å²) < 4.78 is 17.0. The lowest BCUT2D eigenvalue weighted by Gasteiger charge is -2.14. The van der Waals surface area contributed by atoms with E-state index >= 15 is 0 Å². The van der Waals surface area contributed by atoms with Crippen LogP contribution in [0.3, 0.4) is 0 Å². The number of aliphatic imine (C=N–C) groups is 1. The lowest BCUT2D eigenvalue weighted by Crippen LogP contribution is -2.19. The van der Waals surface area contributed by atoms with E-state index in [1.807, 2.05) is 44.2 Å². The van der Waals surface area contributed by atoms with Crippen molar-refractivity contribution in [1.29, 1.82) is 0 Å². The number of halogens is 1. The molecule has 1 fully saturated rings. The number of esters is 1. The average molecular weight is 566 g/mol. The molecule has 32 heavy (non-hydrogen) atoms. The molecular formula is C23H23IN2O5S. The SMILES string of the molecule is CCOC(=O)COc1c(I)cc(/C=C2/SC(=Nc3ccc(C)cc3)NC2=O)cc1OCC. The third kappa shape index (κ3) is 6.49. The second-order valence-electron chi connectivity index (χ2n) is 6.67. The summed E-state index contributed by atoms with van der Waals surface area (Å²) in [5, 5.41) is 3.32. The Balaban J connectivity index is 1.81. The zero-order valence-electron chi connectivity index (χ0n) is 17.9. The number of hydrogen-bond donors (Lipinski definition) is 1. The van der Waals surface area contributed by atoms with Crippen LogP contribution in [0.25, 0.3) is 6.08 Å². The predicted molar refractivity (Wildman–Crippen MR) is 134 cm³/mol. The zero-order chi connectivity index (χ0) is 23.1.